The molecule has 0 aromatic carbocycles. The number of thiazole rings is 1. The molecular formula is C17H23N5O2S. The summed E-state index contributed by atoms with van der Waals surface area (Å²) < 4.78 is 1.93. The van der Waals surface area contributed by atoms with Crippen LogP contribution in [0.15, 0.2) is 11.4 Å². The number of hydrogen-bond acceptors (Lipinski definition) is 5. The lowest BCUT2D eigenvalue weighted by Gasteiger charge is -2.29. The molecule has 0 radical (unpaired) electrons. The minimum absolute atomic E-state index is 0.00239. The van der Waals surface area contributed by atoms with Gasteiger partial charge in [-0.2, -0.15) is 5.10 Å². The third-order valence-electron chi connectivity index (χ3n) is 4.13. The maximum atomic E-state index is 12.1. The molecule has 134 valence electrons. The highest BCUT2D eigenvalue weighted by atomic mass is 32.1. The molecule has 8 heteroatoms. The third kappa shape index (κ3) is 4.25. The number of aromatic nitrogens is 3. The van der Waals surface area contributed by atoms with Gasteiger partial charge < -0.3 is 10.2 Å². The van der Waals surface area contributed by atoms with E-state index < -0.39 is 0 Å². The van der Waals surface area contributed by atoms with E-state index in [1.807, 2.05) is 41.8 Å². The van der Waals surface area contributed by atoms with Gasteiger partial charge in [-0.15, -0.1) is 11.3 Å². The smallest absolute Gasteiger partial charge is 0.226 e. The number of carbonyl (C=O) groups is 2. The van der Waals surface area contributed by atoms with Crippen LogP contribution in [0.4, 0.5) is 0 Å². The Kier molecular flexibility index (Phi) is 5.17. The molecule has 0 saturated heterocycles. The van der Waals surface area contributed by atoms with Crippen molar-refractivity contribution in [2.75, 3.05) is 6.54 Å². The number of amides is 2. The number of nitrogens with one attached hydrogen (secondary N) is 1. The van der Waals surface area contributed by atoms with Crippen molar-refractivity contribution >= 4 is 23.2 Å². The van der Waals surface area contributed by atoms with E-state index in [1.54, 1.807) is 11.3 Å². The van der Waals surface area contributed by atoms with Crippen LogP contribution >= 0.6 is 11.3 Å². The van der Waals surface area contributed by atoms with Gasteiger partial charge in [0.25, 0.3) is 0 Å². The number of nitrogens with zero attached hydrogens (tertiary/aromatic N) is 4. The molecule has 0 fully saturated rings. The Morgan fingerprint density at radius 2 is 2.12 bits per heavy atom. The maximum Gasteiger partial charge on any atom is 0.226 e. The third-order valence-corrected chi connectivity index (χ3v) is 4.95. The molecule has 25 heavy (non-hydrogen) atoms. The molecule has 0 bridgehead atoms. The summed E-state index contributed by atoms with van der Waals surface area (Å²) in [6.07, 6.45) is 0.286. The summed E-state index contributed by atoms with van der Waals surface area (Å²) in [5.74, 6) is 0.108. The van der Waals surface area contributed by atoms with Crippen LogP contribution < -0.4 is 5.32 Å². The molecule has 1 N–H and O–H groups in total. The fourth-order valence-electron chi connectivity index (χ4n) is 2.87. The molecule has 0 atom stereocenters. The molecule has 1 aliphatic heterocycles. The van der Waals surface area contributed by atoms with Crippen molar-refractivity contribution in [3.63, 3.8) is 0 Å². The van der Waals surface area contributed by atoms with E-state index in [0.717, 1.165) is 22.1 Å². The summed E-state index contributed by atoms with van der Waals surface area (Å²) in [5, 5.41) is 10.3. The van der Waals surface area contributed by atoms with E-state index in [9.17, 15) is 9.59 Å². The van der Waals surface area contributed by atoms with Gasteiger partial charge in [-0.25, -0.2) is 4.98 Å². The van der Waals surface area contributed by atoms with E-state index in [4.69, 9.17) is 0 Å². The van der Waals surface area contributed by atoms with Crippen LogP contribution in [0.2, 0.25) is 0 Å². The Bertz CT molecular complexity index is 780. The zero-order valence-corrected chi connectivity index (χ0v) is 15.6. The standard InChI is InChI=1S/C17H23N5O2S/c1-11(2)17(24)21-4-5-22-15(9-21)6-13(20-22)8-18-16(23)7-14-10-25-12(3)19-14/h6,10-11H,4-5,7-9H2,1-3H3,(H,18,23). The Balaban J connectivity index is 1.55. The van der Waals surface area contributed by atoms with Crippen molar-refractivity contribution in [2.24, 2.45) is 5.92 Å². The molecular weight excluding hydrogens is 338 g/mol. The second-order valence-electron chi connectivity index (χ2n) is 6.58. The van der Waals surface area contributed by atoms with Crippen LogP contribution in [0.3, 0.4) is 0 Å². The van der Waals surface area contributed by atoms with E-state index in [0.29, 0.717) is 26.2 Å². The van der Waals surface area contributed by atoms with Crippen LogP contribution in [-0.2, 0) is 35.6 Å². The Labute approximate surface area is 151 Å². The first-order valence-corrected chi connectivity index (χ1v) is 9.32. The molecule has 1 aliphatic rings. The van der Waals surface area contributed by atoms with Gasteiger partial charge in [-0.05, 0) is 13.0 Å². The van der Waals surface area contributed by atoms with Crippen molar-refractivity contribution < 1.29 is 9.59 Å². The molecule has 0 aliphatic carbocycles. The second-order valence-corrected chi connectivity index (χ2v) is 7.64. The van der Waals surface area contributed by atoms with Gasteiger partial charge in [0.05, 0.1) is 48.1 Å². The first-order valence-electron chi connectivity index (χ1n) is 8.44. The first-order chi connectivity index (χ1) is 11.9. The van der Waals surface area contributed by atoms with Crippen LogP contribution in [0.5, 0.6) is 0 Å². The van der Waals surface area contributed by atoms with Crippen LogP contribution in [0.25, 0.3) is 0 Å². The summed E-state index contributed by atoms with van der Waals surface area (Å²) in [6.45, 7) is 8.10. The summed E-state index contributed by atoms with van der Waals surface area (Å²) in [6, 6.07) is 1.97. The monoisotopic (exact) mass is 361 g/mol. The van der Waals surface area contributed by atoms with Gasteiger partial charge in [0.2, 0.25) is 11.8 Å². The van der Waals surface area contributed by atoms with Crippen molar-refractivity contribution in [2.45, 2.75) is 46.8 Å². The number of rotatable bonds is 5. The normalized spacial score (nSPS) is 13.8. The maximum absolute atomic E-state index is 12.1. The van der Waals surface area contributed by atoms with Crippen LogP contribution in [0.1, 0.15) is 35.9 Å². The highest BCUT2D eigenvalue weighted by Gasteiger charge is 2.23. The van der Waals surface area contributed by atoms with E-state index >= 15 is 0 Å². The van der Waals surface area contributed by atoms with Gasteiger partial charge in [-0.3, -0.25) is 14.3 Å². The number of fused-ring (bicyclic) bond motifs is 1. The minimum atomic E-state index is -0.0621. The lowest BCUT2D eigenvalue weighted by atomic mass is 10.1. The SMILES string of the molecule is Cc1nc(CC(=O)NCc2cc3n(n2)CCN(C(=O)C(C)C)C3)cs1. The minimum Gasteiger partial charge on any atom is -0.350 e. The number of hydrogen-bond donors (Lipinski definition) is 1. The highest BCUT2D eigenvalue weighted by molar-refractivity contribution is 7.09. The fraction of sp³-hybridized carbons (Fsp3) is 0.529. The zero-order valence-electron chi connectivity index (χ0n) is 14.8. The molecule has 0 saturated carbocycles. The average molecular weight is 361 g/mol. The topological polar surface area (TPSA) is 80.1 Å². The molecule has 0 unspecified atom stereocenters. The Hall–Kier alpha value is -2.22. The van der Waals surface area contributed by atoms with Crippen LogP contribution in [0, 0.1) is 12.8 Å². The highest BCUT2D eigenvalue weighted by Crippen LogP contribution is 2.16. The second kappa shape index (κ2) is 7.35. The summed E-state index contributed by atoms with van der Waals surface area (Å²) in [4.78, 5) is 30.3. The lowest BCUT2D eigenvalue weighted by molar-refractivity contribution is -0.136. The molecule has 2 amide bonds. The fourth-order valence-corrected chi connectivity index (χ4v) is 3.48. The van der Waals surface area contributed by atoms with Crippen LogP contribution in [-0.4, -0.2) is 38.0 Å². The van der Waals surface area contributed by atoms with Crippen molar-refractivity contribution in [3.05, 3.63) is 33.5 Å². The number of aryl methyl sites for hydroxylation is 1. The molecule has 3 rings (SSSR count). The van der Waals surface area contributed by atoms with Gasteiger partial charge in [0, 0.05) is 17.8 Å². The molecule has 3 heterocycles. The summed E-state index contributed by atoms with van der Waals surface area (Å²) in [7, 11) is 0. The first kappa shape index (κ1) is 17.6. The van der Waals surface area contributed by atoms with Gasteiger partial charge >= 0.3 is 0 Å². The Morgan fingerprint density at radius 3 is 2.80 bits per heavy atom. The van der Waals surface area contributed by atoms with E-state index in [1.165, 1.54) is 0 Å². The van der Waals surface area contributed by atoms with Crippen molar-refractivity contribution in [3.8, 4) is 0 Å². The molecule has 2 aromatic rings. The molecule has 7 nitrogen and oxygen atoms in total. The largest absolute Gasteiger partial charge is 0.350 e. The lowest BCUT2D eigenvalue weighted by Crippen LogP contribution is -2.40. The van der Waals surface area contributed by atoms with Gasteiger partial charge in [0.15, 0.2) is 0 Å². The molecule has 2 aromatic heterocycles. The predicted molar refractivity (Wildman–Crippen MR) is 94.9 cm³/mol. The summed E-state index contributed by atoms with van der Waals surface area (Å²) in [5.41, 5.74) is 2.63. The Morgan fingerprint density at radius 1 is 1.32 bits per heavy atom. The summed E-state index contributed by atoms with van der Waals surface area (Å²) >= 11 is 1.54. The molecule has 0 spiro atoms. The van der Waals surface area contributed by atoms with E-state index in [-0.39, 0.29) is 24.2 Å². The zero-order chi connectivity index (χ0) is 18.0. The quantitative estimate of drug-likeness (QED) is 0.875. The van der Waals surface area contributed by atoms with Gasteiger partial charge in [-0.1, -0.05) is 13.8 Å². The van der Waals surface area contributed by atoms with Gasteiger partial charge in [0.1, 0.15) is 0 Å². The average Bonchev–Trinajstić information content (AvgIpc) is 3.16. The van der Waals surface area contributed by atoms with E-state index in [2.05, 4.69) is 15.4 Å². The predicted octanol–water partition coefficient (Wildman–Crippen LogP) is 1.51. The number of carbonyl (C=O) groups excluding carboxylic acids is 2. The van der Waals surface area contributed by atoms with Crippen molar-refractivity contribution in [1.82, 2.24) is 25.0 Å². The van der Waals surface area contributed by atoms with Crippen molar-refractivity contribution in [1.29, 1.82) is 0 Å².